The van der Waals surface area contributed by atoms with Crippen molar-refractivity contribution in [3.05, 3.63) is 53.3 Å². The molecule has 0 bridgehead atoms. The van der Waals surface area contributed by atoms with Gasteiger partial charge in [-0.25, -0.2) is 0 Å². The zero-order chi connectivity index (χ0) is 16.4. The normalized spacial score (nSPS) is 16.9. The smallest absolute Gasteiger partial charge is 0.312 e. The van der Waals surface area contributed by atoms with Crippen LogP contribution < -0.4 is 0 Å². The van der Waals surface area contributed by atoms with Crippen molar-refractivity contribution in [3.63, 3.8) is 0 Å². The van der Waals surface area contributed by atoms with Gasteiger partial charge in [-0.3, -0.25) is 14.3 Å². The first-order valence-corrected chi connectivity index (χ1v) is 7.60. The van der Waals surface area contributed by atoms with Crippen molar-refractivity contribution in [2.75, 3.05) is 6.54 Å². The Hall–Kier alpha value is -2.63. The van der Waals surface area contributed by atoms with E-state index in [0.717, 1.165) is 16.7 Å². The zero-order valence-corrected chi connectivity index (χ0v) is 13.0. The summed E-state index contributed by atoms with van der Waals surface area (Å²) in [7, 11) is 1.84. The van der Waals surface area contributed by atoms with Crippen LogP contribution in [0.25, 0.3) is 0 Å². The van der Waals surface area contributed by atoms with Crippen LogP contribution in [0.2, 0.25) is 0 Å². The fraction of sp³-hybridized carbons (Fsp3) is 0.353. The molecule has 0 aliphatic carbocycles. The molecule has 1 amide bonds. The number of benzene rings is 1. The number of aryl methyl sites for hydroxylation is 2. The van der Waals surface area contributed by atoms with Crippen LogP contribution >= 0.6 is 0 Å². The van der Waals surface area contributed by atoms with Gasteiger partial charge < -0.3 is 10.0 Å². The van der Waals surface area contributed by atoms with Gasteiger partial charge in [-0.15, -0.1) is 0 Å². The second-order valence-electron chi connectivity index (χ2n) is 5.89. The minimum absolute atomic E-state index is 0.0189. The first-order chi connectivity index (χ1) is 11.0. The maximum Gasteiger partial charge on any atom is 0.312 e. The van der Waals surface area contributed by atoms with Gasteiger partial charge >= 0.3 is 5.97 Å². The number of hydrogen-bond acceptors (Lipinski definition) is 3. The molecule has 1 aliphatic heterocycles. The van der Waals surface area contributed by atoms with E-state index in [2.05, 4.69) is 5.10 Å². The third-order valence-corrected chi connectivity index (χ3v) is 4.23. The Balaban J connectivity index is 1.71. The van der Waals surface area contributed by atoms with Gasteiger partial charge in [-0.2, -0.15) is 5.10 Å². The maximum absolute atomic E-state index is 12.5. The Morgan fingerprint density at radius 3 is 2.83 bits per heavy atom. The van der Waals surface area contributed by atoms with Gasteiger partial charge in [0.2, 0.25) is 5.91 Å². The molecule has 1 N–H and O–H groups in total. The molecule has 0 saturated carbocycles. The lowest BCUT2D eigenvalue weighted by Crippen LogP contribution is -2.40. The molecular weight excluding hydrogens is 294 g/mol. The average Bonchev–Trinajstić information content (AvgIpc) is 2.96. The average molecular weight is 313 g/mol. The number of carbonyl (C=O) groups excluding carboxylic acids is 1. The van der Waals surface area contributed by atoms with Crippen LogP contribution in [-0.4, -0.2) is 38.2 Å². The van der Waals surface area contributed by atoms with Crippen molar-refractivity contribution in [2.24, 2.45) is 7.05 Å². The predicted molar refractivity (Wildman–Crippen MR) is 83.8 cm³/mol. The summed E-state index contributed by atoms with van der Waals surface area (Å²) in [5.74, 6) is -1.56. The van der Waals surface area contributed by atoms with Gasteiger partial charge in [0, 0.05) is 32.8 Å². The highest BCUT2D eigenvalue weighted by molar-refractivity contribution is 5.81. The van der Waals surface area contributed by atoms with E-state index in [4.69, 9.17) is 0 Å². The number of amides is 1. The van der Waals surface area contributed by atoms with Crippen LogP contribution in [0.1, 0.15) is 29.0 Å². The van der Waals surface area contributed by atoms with Crippen molar-refractivity contribution in [2.45, 2.75) is 25.3 Å². The van der Waals surface area contributed by atoms with Crippen molar-refractivity contribution >= 4 is 11.9 Å². The first-order valence-electron chi connectivity index (χ1n) is 7.60. The Morgan fingerprint density at radius 1 is 1.35 bits per heavy atom. The Labute approximate surface area is 134 Å². The van der Waals surface area contributed by atoms with Crippen molar-refractivity contribution in [1.82, 2.24) is 14.7 Å². The summed E-state index contributed by atoms with van der Waals surface area (Å²) in [5, 5.41) is 13.5. The van der Waals surface area contributed by atoms with E-state index in [1.807, 2.05) is 37.5 Å². The van der Waals surface area contributed by atoms with Crippen LogP contribution in [0.15, 0.2) is 36.7 Å². The van der Waals surface area contributed by atoms with E-state index >= 15 is 0 Å². The van der Waals surface area contributed by atoms with Gasteiger partial charge in [0.25, 0.3) is 0 Å². The number of rotatable bonds is 4. The fourth-order valence-electron chi connectivity index (χ4n) is 3.02. The number of carboxylic acid groups (broad SMARTS) is 1. The topological polar surface area (TPSA) is 75.4 Å². The van der Waals surface area contributed by atoms with Gasteiger partial charge in [-0.1, -0.05) is 24.3 Å². The summed E-state index contributed by atoms with van der Waals surface area (Å²) >= 11 is 0. The molecule has 2 aromatic rings. The maximum atomic E-state index is 12.5. The predicted octanol–water partition coefficient (Wildman–Crippen LogP) is 1.56. The molecular formula is C17H19N3O3. The Kier molecular flexibility index (Phi) is 4.14. The largest absolute Gasteiger partial charge is 0.481 e. The van der Waals surface area contributed by atoms with E-state index in [9.17, 15) is 14.7 Å². The summed E-state index contributed by atoms with van der Waals surface area (Å²) in [5.41, 5.74) is 2.74. The standard InChI is InChI=1S/C17H19N3O3/c1-19-9-12(8-18-19)6-7-16(21)20-10-13-4-2-3-5-14(13)15(11-20)17(22)23/h2-5,8-9,15H,6-7,10-11H2,1H3,(H,22,23)/t15-/m0/s1. The zero-order valence-electron chi connectivity index (χ0n) is 13.0. The number of aromatic nitrogens is 2. The van der Waals surface area contributed by atoms with Crippen LogP contribution in [-0.2, 0) is 29.6 Å². The van der Waals surface area contributed by atoms with E-state index in [1.165, 1.54) is 0 Å². The second kappa shape index (κ2) is 6.24. The molecule has 2 heterocycles. The summed E-state index contributed by atoms with van der Waals surface area (Å²) in [6.07, 6.45) is 4.61. The molecule has 1 aromatic carbocycles. The number of carboxylic acids is 1. The summed E-state index contributed by atoms with van der Waals surface area (Å²) in [4.78, 5) is 25.6. The molecule has 6 heteroatoms. The SMILES string of the molecule is Cn1cc(CCC(=O)N2Cc3ccccc3[C@@H](C(=O)O)C2)cn1. The van der Waals surface area contributed by atoms with Gasteiger partial charge in [0.1, 0.15) is 0 Å². The molecule has 1 atom stereocenters. The van der Waals surface area contributed by atoms with Crippen molar-refractivity contribution in [3.8, 4) is 0 Å². The summed E-state index contributed by atoms with van der Waals surface area (Å²) < 4.78 is 1.71. The van der Waals surface area contributed by atoms with Crippen LogP contribution in [0, 0.1) is 0 Å². The molecule has 1 aliphatic rings. The lowest BCUT2D eigenvalue weighted by Gasteiger charge is -2.32. The molecule has 3 rings (SSSR count). The lowest BCUT2D eigenvalue weighted by molar-refractivity contribution is -0.141. The lowest BCUT2D eigenvalue weighted by atomic mass is 9.89. The van der Waals surface area contributed by atoms with E-state index in [1.54, 1.807) is 15.8 Å². The number of fused-ring (bicyclic) bond motifs is 1. The second-order valence-corrected chi connectivity index (χ2v) is 5.89. The number of nitrogens with zero attached hydrogens (tertiary/aromatic N) is 3. The van der Waals surface area contributed by atoms with Crippen LogP contribution in [0.5, 0.6) is 0 Å². The molecule has 6 nitrogen and oxygen atoms in total. The van der Waals surface area contributed by atoms with E-state index in [-0.39, 0.29) is 12.5 Å². The minimum atomic E-state index is -0.887. The molecule has 0 unspecified atom stereocenters. The van der Waals surface area contributed by atoms with E-state index < -0.39 is 11.9 Å². The van der Waals surface area contributed by atoms with Crippen molar-refractivity contribution in [1.29, 1.82) is 0 Å². The quantitative estimate of drug-likeness (QED) is 0.929. The number of aliphatic carboxylic acids is 1. The minimum Gasteiger partial charge on any atom is -0.481 e. The highest BCUT2D eigenvalue weighted by Gasteiger charge is 2.32. The molecule has 0 radical (unpaired) electrons. The van der Waals surface area contributed by atoms with Gasteiger partial charge in [0.15, 0.2) is 0 Å². The van der Waals surface area contributed by atoms with Crippen LogP contribution in [0.3, 0.4) is 0 Å². The highest BCUT2D eigenvalue weighted by Crippen LogP contribution is 2.28. The Morgan fingerprint density at radius 2 is 2.13 bits per heavy atom. The van der Waals surface area contributed by atoms with E-state index in [0.29, 0.717) is 19.4 Å². The van der Waals surface area contributed by atoms with Crippen LogP contribution in [0.4, 0.5) is 0 Å². The molecule has 120 valence electrons. The third-order valence-electron chi connectivity index (χ3n) is 4.23. The molecule has 0 fully saturated rings. The van der Waals surface area contributed by atoms with Gasteiger partial charge in [-0.05, 0) is 23.1 Å². The molecule has 0 spiro atoms. The molecule has 0 saturated heterocycles. The fourth-order valence-corrected chi connectivity index (χ4v) is 3.02. The summed E-state index contributed by atoms with van der Waals surface area (Å²) in [6, 6.07) is 7.45. The molecule has 23 heavy (non-hydrogen) atoms. The summed E-state index contributed by atoms with van der Waals surface area (Å²) in [6.45, 7) is 0.712. The first kappa shape index (κ1) is 15.3. The Bertz CT molecular complexity index is 738. The molecule has 1 aromatic heterocycles. The number of hydrogen-bond donors (Lipinski definition) is 1. The van der Waals surface area contributed by atoms with Gasteiger partial charge in [0.05, 0.1) is 12.1 Å². The number of carbonyl (C=O) groups is 2. The van der Waals surface area contributed by atoms with Crippen molar-refractivity contribution < 1.29 is 14.7 Å². The third kappa shape index (κ3) is 3.26. The monoisotopic (exact) mass is 313 g/mol. The highest BCUT2D eigenvalue weighted by atomic mass is 16.4.